The average Bonchev–Trinajstić information content (AvgIpc) is 3.61. The lowest BCUT2D eigenvalue weighted by molar-refractivity contribution is -0.117. The van der Waals surface area contributed by atoms with Gasteiger partial charge in [0.25, 0.3) is 0 Å². The van der Waals surface area contributed by atoms with Crippen molar-refractivity contribution in [1.82, 2.24) is 20.0 Å². The van der Waals surface area contributed by atoms with Crippen molar-refractivity contribution in [3.63, 3.8) is 0 Å². The topological polar surface area (TPSA) is 104 Å². The largest absolute Gasteiger partial charge is 0.389 e. The molecule has 0 saturated carbocycles. The van der Waals surface area contributed by atoms with Crippen molar-refractivity contribution in [2.45, 2.75) is 31.4 Å². The van der Waals surface area contributed by atoms with Crippen LogP contribution in [0.5, 0.6) is 0 Å². The van der Waals surface area contributed by atoms with Crippen molar-refractivity contribution in [1.29, 1.82) is 0 Å². The number of carbonyl (C=O) groups excluding carboxylic acids is 1. The highest BCUT2D eigenvalue weighted by atomic mass is 19.1. The molecule has 0 N–H and O–H groups in total. The molecule has 5 rings (SSSR count). The summed E-state index contributed by atoms with van der Waals surface area (Å²) in [7, 11) is 1.61. The van der Waals surface area contributed by atoms with Gasteiger partial charge >= 0.3 is 0 Å². The van der Waals surface area contributed by atoms with Crippen LogP contribution in [0.4, 0.5) is 10.1 Å². The summed E-state index contributed by atoms with van der Waals surface area (Å²) in [5, 5.41) is 11.8. The molecule has 1 unspecified atom stereocenters. The molecule has 1 saturated heterocycles. The van der Waals surface area contributed by atoms with Crippen LogP contribution >= 0.6 is 0 Å². The molecule has 2 aliphatic heterocycles. The number of aromatic nitrogens is 4. The van der Waals surface area contributed by atoms with Crippen LogP contribution in [0.3, 0.4) is 0 Å². The molecule has 0 radical (unpaired) electrons. The molecular formula is C23H23FN6O4. The van der Waals surface area contributed by atoms with E-state index in [1.165, 1.54) is 6.07 Å². The van der Waals surface area contributed by atoms with Crippen LogP contribution < -0.4 is 4.90 Å². The zero-order chi connectivity index (χ0) is 23.5. The second-order valence-corrected chi connectivity index (χ2v) is 8.08. The first-order valence-electron chi connectivity index (χ1n) is 10.8. The molecule has 11 heteroatoms. The molecule has 0 spiro atoms. The second-order valence-electron chi connectivity index (χ2n) is 8.08. The van der Waals surface area contributed by atoms with E-state index < -0.39 is 12.0 Å². The van der Waals surface area contributed by atoms with E-state index >= 15 is 4.39 Å². The first kappa shape index (κ1) is 22.1. The van der Waals surface area contributed by atoms with Gasteiger partial charge < -0.3 is 19.2 Å². The molecule has 3 atom stereocenters. The molecular weight excluding hydrogens is 443 g/mol. The van der Waals surface area contributed by atoms with Gasteiger partial charge in [-0.1, -0.05) is 16.4 Å². The van der Waals surface area contributed by atoms with Crippen LogP contribution in [0.15, 0.2) is 54.1 Å². The third kappa shape index (κ3) is 4.52. The Balaban J connectivity index is 1.29. The van der Waals surface area contributed by atoms with Gasteiger partial charge in [0.1, 0.15) is 11.5 Å². The van der Waals surface area contributed by atoms with E-state index in [4.69, 9.17) is 14.3 Å². The minimum Gasteiger partial charge on any atom is -0.389 e. The number of methoxy groups -OCH3 is 1. The summed E-state index contributed by atoms with van der Waals surface area (Å²) >= 11 is 0. The van der Waals surface area contributed by atoms with E-state index in [2.05, 4.69) is 20.5 Å². The third-order valence-electron chi connectivity index (χ3n) is 5.76. The Morgan fingerprint density at radius 3 is 2.88 bits per heavy atom. The van der Waals surface area contributed by atoms with Crippen LogP contribution in [-0.4, -0.2) is 70.7 Å². The zero-order valence-electron chi connectivity index (χ0n) is 18.5. The van der Waals surface area contributed by atoms with Crippen LogP contribution in [0.25, 0.3) is 11.1 Å². The number of pyridine rings is 1. The first-order chi connectivity index (χ1) is 16.6. The molecule has 0 amide bonds. The summed E-state index contributed by atoms with van der Waals surface area (Å²) in [4.78, 5) is 23.1. The van der Waals surface area contributed by atoms with Crippen LogP contribution in [0, 0.1) is 5.82 Å². The molecule has 0 bridgehead atoms. The number of rotatable bonds is 8. The van der Waals surface area contributed by atoms with Gasteiger partial charge in [0, 0.05) is 49.3 Å². The number of ether oxygens (including phenoxy) is 2. The van der Waals surface area contributed by atoms with Gasteiger partial charge in [-0.25, -0.2) is 9.07 Å². The quantitative estimate of drug-likeness (QED) is 0.465. The molecule has 2 aromatic heterocycles. The fraction of sp³-hybridized carbons (Fsp3) is 0.348. The fourth-order valence-electron chi connectivity index (χ4n) is 4.13. The molecule has 1 aromatic carbocycles. The van der Waals surface area contributed by atoms with Crippen molar-refractivity contribution in [3.05, 3.63) is 60.4 Å². The predicted octanol–water partition coefficient (Wildman–Crippen LogP) is 2.05. The number of anilines is 1. The molecule has 2 aliphatic rings. The number of benzene rings is 1. The molecule has 176 valence electrons. The highest BCUT2D eigenvalue weighted by molar-refractivity contribution is 5.99. The van der Waals surface area contributed by atoms with Crippen molar-refractivity contribution in [2.75, 3.05) is 25.2 Å². The molecule has 0 aliphatic carbocycles. The smallest absolute Gasteiger partial charge is 0.187 e. The van der Waals surface area contributed by atoms with Crippen molar-refractivity contribution >= 4 is 17.7 Å². The molecule has 10 nitrogen and oxygen atoms in total. The number of oxime groups is 1. The predicted molar refractivity (Wildman–Crippen MR) is 120 cm³/mol. The molecule has 34 heavy (non-hydrogen) atoms. The Bertz CT molecular complexity index is 1170. The lowest BCUT2D eigenvalue weighted by Gasteiger charge is -2.21. The summed E-state index contributed by atoms with van der Waals surface area (Å²) in [5.41, 5.74) is 3.02. The standard InChI is InChI=1S/C23H23FN6O4/c1-32-14-17-9-22(27-34-17)21-5-2-15(10-25-21)19-4-3-16(8-20(19)24)30-12-18(33-23(30)13-31)11-29-7-6-26-28-29/h2-8,10,13,17-18,23H,9,11-12,14H2,1H3/t17-,18-,23?/m0/s1. The lowest BCUT2D eigenvalue weighted by Crippen LogP contribution is -2.31. The third-order valence-corrected chi connectivity index (χ3v) is 5.76. The van der Waals surface area contributed by atoms with Crippen molar-refractivity contribution < 1.29 is 23.5 Å². The first-order valence-corrected chi connectivity index (χ1v) is 10.8. The van der Waals surface area contributed by atoms with Crippen LogP contribution in [0.1, 0.15) is 12.1 Å². The fourth-order valence-corrected chi connectivity index (χ4v) is 4.13. The average molecular weight is 466 g/mol. The number of carbonyl (C=O) groups is 1. The van der Waals surface area contributed by atoms with E-state index in [1.54, 1.807) is 59.5 Å². The van der Waals surface area contributed by atoms with Crippen molar-refractivity contribution in [2.24, 2.45) is 5.16 Å². The van der Waals surface area contributed by atoms with Crippen LogP contribution in [-0.2, 0) is 25.7 Å². The van der Waals surface area contributed by atoms with Crippen molar-refractivity contribution in [3.8, 4) is 11.1 Å². The van der Waals surface area contributed by atoms with Gasteiger partial charge in [-0.15, -0.1) is 5.10 Å². The Hall–Kier alpha value is -3.70. The number of nitrogens with zero attached hydrogens (tertiary/aromatic N) is 6. The monoisotopic (exact) mass is 466 g/mol. The summed E-state index contributed by atoms with van der Waals surface area (Å²) in [6, 6.07) is 8.46. The summed E-state index contributed by atoms with van der Waals surface area (Å²) < 4.78 is 27.6. The Morgan fingerprint density at radius 2 is 2.18 bits per heavy atom. The minimum absolute atomic E-state index is 0.118. The Kier molecular flexibility index (Phi) is 6.28. The summed E-state index contributed by atoms with van der Waals surface area (Å²) in [6.07, 6.45) is 5.04. The maximum Gasteiger partial charge on any atom is 0.187 e. The van der Waals surface area contributed by atoms with Gasteiger partial charge in [0.15, 0.2) is 18.6 Å². The van der Waals surface area contributed by atoms with Gasteiger partial charge in [-0.05, 0) is 24.3 Å². The zero-order valence-corrected chi connectivity index (χ0v) is 18.5. The number of halogens is 1. The second kappa shape index (κ2) is 9.65. The maximum absolute atomic E-state index is 15.1. The molecule has 3 aromatic rings. The number of hydrogen-bond donors (Lipinski definition) is 0. The number of aldehydes is 1. The van der Waals surface area contributed by atoms with Crippen LogP contribution in [0.2, 0.25) is 0 Å². The van der Waals surface area contributed by atoms with Gasteiger partial charge in [-0.3, -0.25) is 9.78 Å². The van der Waals surface area contributed by atoms with E-state index in [9.17, 15) is 4.79 Å². The highest BCUT2D eigenvalue weighted by Crippen LogP contribution is 2.30. The molecule has 4 heterocycles. The normalized spacial score (nSPS) is 22.0. The number of hydrogen-bond acceptors (Lipinski definition) is 9. The SMILES string of the molecule is COC[C@@H]1CC(c2ccc(-c3ccc(N4C[C@H](Cn5ccnn5)OC4C=O)cc3F)cn2)=NO1. The van der Waals surface area contributed by atoms with E-state index in [0.29, 0.717) is 54.9 Å². The van der Waals surface area contributed by atoms with Gasteiger partial charge in [0.2, 0.25) is 0 Å². The van der Waals surface area contributed by atoms with Gasteiger partial charge in [-0.2, -0.15) is 0 Å². The molecule has 1 fully saturated rings. The summed E-state index contributed by atoms with van der Waals surface area (Å²) in [5.74, 6) is -0.418. The van der Waals surface area contributed by atoms with E-state index in [1.807, 2.05) is 0 Å². The lowest BCUT2D eigenvalue weighted by atomic mass is 10.0. The highest BCUT2D eigenvalue weighted by Gasteiger charge is 2.33. The van der Waals surface area contributed by atoms with E-state index in [-0.39, 0.29) is 12.2 Å². The Labute approximate surface area is 194 Å². The maximum atomic E-state index is 15.1. The van der Waals surface area contributed by atoms with E-state index in [0.717, 1.165) is 5.71 Å². The minimum atomic E-state index is -0.795. The van der Waals surface area contributed by atoms with Gasteiger partial charge in [0.05, 0.1) is 31.1 Å². The summed E-state index contributed by atoms with van der Waals surface area (Å²) in [6.45, 7) is 1.32. The Morgan fingerprint density at radius 1 is 1.26 bits per heavy atom.